The van der Waals surface area contributed by atoms with Crippen LogP contribution >= 0.6 is 0 Å². The third kappa shape index (κ3) is 16.3. The first kappa shape index (κ1) is 48.9. The van der Waals surface area contributed by atoms with Crippen molar-refractivity contribution in [2.75, 3.05) is 39.5 Å². The Bertz CT molecular complexity index is 1760. The highest BCUT2D eigenvalue weighted by molar-refractivity contribution is 5.81. The molecule has 0 aliphatic heterocycles. The first-order valence-electron chi connectivity index (χ1n) is 21.2. The van der Waals surface area contributed by atoms with Crippen molar-refractivity contribution in [1.82, 2.24) is 4.90 Å². The fourth-order valence-electron chi connectivity index (χ4n) is 6.63. The number of hydrogen-bond acceptors (Lipinski definition) is 14. The SMILES string of the molecule is C=CC(=O)OCCN(CCOC(=O)C=C)C1C=CC(N=Nc2cc(OCC(CC)CCCC)c(N=NC3C=CC(N)=CC3[N+](=O)[O-])cc2OCC(CC)CCCC)=C(C)C1. The van der Waals surface area contributed by atoms with Gasteiger partial charge in [0.2, 0.25) is 0 Å². The number of rotatable bonds is 28. The largest absolute Gasteiger partial charge is 0.491 e. The Morgan fingerprint density at radius 3 is 1.92 bits per heavy atom. The molecule has 0 bridgehead atoms. The molecule has 2 aliphatic rings. The molecule has 15 heteroatoms. The summed E-state index contributed by atoms with van der Waals surface area (Å²) in [6, 6.07) is 1.37. The van der Waals surface area contributed by atoms with Gasteiger partial charge in [0.15, 0.2) is 6.04 Å². The Morgan fingerprint density at radius 2 is 1.43 bits per heavy atom. The Balaban J connectivity index is 2.02. The summed E-state index contributed by atoms with van der Waals surface area (Å²) in [5.74, 6) is 0.447. The number of nitrogens with two attached hydrogens (primary N) is 1. The van der Waals surface area contributed by atoms with Crippen molar-refractivity contribution < 1.29 is 33.5 Å². The van der Waals surface area contributed by atoms with E-state index in [9.17, 15) is 19.7 Å². The number of ether oxygens (including phenoxy) is 4. The zero-order valence-electron chi connectivity index (χ0n) is 36.1. The zero-order chi connectivity index (χ0) is 43.9. The smallest absolute Gasteiger partial charge is 0.330 e. The number of unbranched alkanes of at least 4 members (excludes halogenated alkanes) is 2. The lowest BCUT2D eigenvalue weighted by atomic mass is 9.98. The lowest BCUT2D eigenvalue weighted by molar-refractivity contribution is -0.510. The predicted octanol–water partition coefficient (Wildman–Crippen LogP) is 9.83. The molecule has 328 valence electrons. The van der Waals surface area contributed by atoms with E-state index in [4.69, 9.17) is 34.9 Å². The van der Waals surface area contributed by atoms with Crippen molar-refractivity contribution in [3.8, 4) is 11.5 Å². The topological polar surface area (TPSA) is 193 Å². The molecule has 2 aliphatic carbocycles. The average Bonchev–Trinajstić information content (AvgIpc) is 3.25. The van der Waals surface area contributed by atoms with Crippen LogP contribution in [0.4, 0.5) is 11.4 Å². The summed E-state index contributed by atoms with van der Waals surface area (Å²) in [7, 11) is 0. The highest BCUT2D eigenvalue weighted by Gasteiger charge is 2.30. The zero-order valence-corrected chi connectivity index (χ0v) is 36.1. The summed E-state index contributed by atoms with van der Waals surface area (Å²) in [5, 5.41) is 30.3. The fraction of sp³-hybridized carbons (Fsp3) is 0.556. The van der Waals surface area contributed by atoms with Crippen LogP contribution in [0.2, 0.25) is 0 Å². The highest BCUT2D eigenvalue weighted by Crippen LogP contribution is 2.42. The first-order chi connectivity index (χ1) is 29.0. The summed E-state index contributed by atoms with van der Waals surface area (Å²) < 4.78 is 23.5. The first-order valence-corrected chi connectivity index (χ1v) is 21.2. The highest BCUT2D eigenvalue weighted by atomic mass is 16.6. The Morgan fingerprint density at radius 1 is 0.883 bits per heavy atom. The second kappa shape index (κ2) is 26.6. The number of esters is 2. The van der Waals surface area contributed by atoms with E-state index >= 15 is 0 Å². The van der Waals surface area contributed by atoms with Crippen LogP contribution in [0.3, 0.4) is 0 Å². The molecule has 0 aromatic heterocycles. The van der Waals surface area contributed by atoms with Gasteiger partial charge in [0.25, 0.3) is 6.04 Å². The van der Waals surface area contributed by atoms with Crippen molar-refractivity contribution in [3.05, 3.63) is 94.9 Å². The van der Waals surface area contributed by atoms with Crippen LogP contribution in [-0.2, 0) is 19.1 Å². The van der Waals surface area contributed by atoms with Gasteiger partial charge in [-0.25, -0.2) is 9.59 Å². The van der Waals surface area contributed by atoms with Gasteiger partial charge in [0.1, 0.15) is 36.1 Å². The maximum atomic E-state index is 11.9. The normalized spacial score (nSPS) is 18.7. The second-order valence-electron chi connectivity index (χ2n) is 15.0. The molecule has 0 saturated heterocycles. The molecule has 0 fully saturated rings. The number of allylic oxidation sites excluding steroid dienone is 2. The predicted molar refractivity (Wildman–Crippen MR) is 233 cm³/mol. The van der Waals surface area contributed by atoms with Crippen LogP contribution in [0.5, 0.6) is 11.5 Å². The lowest BCUT2D eigenvalue weighted by Gasteiger charge is -2.31. The molecular formula is C45H65N7O8. The average molecular weight is 832 g/mol. The van der Waals surface area contributed by atoms with E-state index in [1.165, 1.54) is 6.08 Å². The van der Waals surface area contributed by atoms with Crippen molar-refractivity contribution in [2.45, 2.75) is 111 Å². The molecule has 60 heavy (non-hydrogen) atoms. The van der Waals surface area contributed by atoms with Crippen LogP contribution in [0.15, 0.2) is 105 Å². The molecule has 1 aromatic carbocycles. The minimum atomic E-state index is -1.16. The number of carbonyl (C=O) groups excluding carboxylic acids is 2. The lowest BCUT2D eigenvalue weighted by Crippen LogP contribution is -2.40. The monoisotopic (exact) mass is 831 g/mol. The number of carbonyl (C=O) groups is 2. The van der Waals surface area contributed by atoms with E-state index in [-0.39, 0.29) is 19.3 Å². The third-order valence-corrected chi connectivity index (χ3v) is 10.6. The van der Waals surface area contributed by atoms with Crippen molar-refractivity contribution in [2.24, 2.45) is 38.0 Å². The van der Waals surface area contributed by atoms with Gasteiger partial charge in [-0.2, -0.15) is 15.3 Å². The van der Waals surface area contributed by atoms with Gasteiger partial charge in [-0.1, -0.05) is 85.5 Å². The second-order valence-corrected chi connectivity index (χ2v) is 15.0. The Labute approximate surface area is 355 Å². The quantitative estimate of drug-likeness (QED) is 0.0279. The van der Waals surface area contributed by atoms with Crippen LogP contribution < -0.4 is 15.2 Å². The molecule has 0 heterocycles. The molecule has 0 radical (unpaired) electrons. The summed E-state index contributed by atoms with van der Waals surface area (Å²) in [6.07, 6.45) is 19.5. The summed E-state index contributed by atoms with van der Waals surface area (Å²) in [5.41, 5.74) is 8.62. The minimum Gasteiger partial charge on any atom is -0.491 e. The van der Waals surface area contributed by atoms with Gasteiger partial charge in [-0.05, 0) is 61.8 Å². The number of azo groups is 2. The van der Waals surface area contributed by atoms with E-state index in [1.807, 2.05) is 19.1 Å². The summed E-state index contributed by atoms with van der Waals surface area (Å²) in [4.78, 5) is 37.0. The summed E-state index contributed by atoms with van der Waals surface area (Å²) in [6.45, 7) is 19.5. The number of nitrogens with zero attached hydrogens (tertiary/aromatic N) is 6. The minimum absolute atomic E-state index is 0.0912. The Hall–Kier alpha value is -5.44. The molecule has 15 nitrogen and oxygen atoms in total. The maximum absolute atomic E-state index is 11.9. The van der Waals surface area contributed by atoms with E-state index in [0.29, 0.717) is 78.8 Å². The van der Waals surface area contributed by atoms with Crippen molar-refractivity contribution in [3.63, 3.8) is 0 Å². The summed E-state index contributed by atoms with van der Waals surface area (Å²) >= 11 is 0. The standard InChI is InChI=1S/C45H65N7O8/c1-8-14-16-33(10-3)30-59-42-29-40(50-48-38-20-18-35(46)27-41(38)52(55)56)43(60-31-34(11-4)17-15-9-2)28-39(42)49-47-37-21-19-36(26-32(37)7)51(22-24-57-44(53)12-5)23-25-58-45(54)13-6/h12-13,18-21,27-29,33-34,36,38,41H,5-6,8-11,14-17,22-26,30-31,46H2,1-4,7H3. The molecule has 5 unspecified atom stereocenters. The van der Waals surface area contributed by atoms with Gasteiger partial charge in [0.05, 0.1) is 18.9 Å². The molecule has 1 aromatic rings. The number of hydrogen-bond donors (Lipinski definition) is 1. The van der Waals surface area contributed by atoms with Gasteiger partial charge < -0.3 is 24.7 Å². The molecule has 2 N–H and O–H groups in total. The van der Waals surface area contributed by atoms with E-state index < -0.39 is 28.9 Å². The molecule has 5 atom stereocenters. The van der Waals surface area contributed by atoms with E-state index in [0.717, 1.165) is 69.1 Å². The van der Waals surface area contributed by atoms with Gasteiger partial charge in [-0.3, -0.25) is 15.0 Å². The molecule has 0 spiro atoms. The molecule has 3 rings (SSSR count). The van der Waals surface area contributed by atoms with Crippen LogP contribution in [-0.4, -0.2) is 79.4 Å². The van der Waals surface area contributed by atoms with Gasteiger partial charge in [0, 0.05) is 60.1 Å². The van der Waals surface area contributed by atoms with Crippen LogP contribution in [0.1, 0.15) is 92.4 Å². The van der Waals surface area contributed by atoms with E-state index in [2.05, 4.69) is 56.0 Å². The van der Waals surface area contributed by atoms with Crippen molar-refractivity contribution >= 4 is 23.3 Å². The Kier molecular flexibility index (Phi) is 21.7. The van der Waals surface area contributed by atoms with Crippen LogP contribution in [0, 0.1) is 22.0 Å². The van der Waals surface area contributed by atoms with Crippen molar-refractivity contribution in [1.29, 1.82) is 0 Å². The third-order valence-electron chi connectivity index (χ3n) is 10.6. The van der Waals surface area contributed by atoms with Crippen LogP contribution in [0.25, 0.3) is 0 Å². The van der Waals surface area contributed by atoms with Gasteiger partial charge in [-0.15, -0.1) is 5.11 Å². The van der Waals surface area contributed by atoms with Gasteiger partial charge >= 0.3 is 11.9 Å². The number of nitro groups is 1. The molecular weight excluding hydrogens is 767 g/mol. The maximum Gasteiger partial charge on any atom is 0.330 e. The fourth-order valence-corrected chi connectivity index (χ4v) is 6.63. The number of benzene rings is 1. The molecule has 0 amide bonds. The van der Waals surface area contributed by atoms with E-state index in [1.54, 1.807) is 24.3 Å². The molecule has 0 saturated carbocycles.